The van der Waals surface area contributed by atoms with Crippen molar-refractivity contribution < 1.29 is 33.8 Å². The largest absolute Gasteiger partial charge is 0.488 e. The summed E-state index contributed by atoms with van der Waals surface area (Å²) in [6.45, 7) is -0.310. The monoisotopic (exact) mass is 488 g/mol. The maximum atomic E-state index is 12.3. The molecule has 1 aliphatic heterocycles. The first-order chi connectivity index (χ1) is 14.8. The number of imide groups is 1. The minimum atomic E-state index is -1.01. The second-order valence-corrected chi connectivity index (χ2v) is 7.29. The van der Waals surface area contributed by atoms with Crippen molar-refractivity contribution >= 4 is 45.9 Å². The number of esters is 1. The zero-order valence-electron chi connectivity index (χ0n) is 16.3. The van der Waals surface area contributed by atoms with Crippen LogP contribution in [0.25, 0.3) is 6.08 Å². The van der Waals surface area contributed by atoms with Crippen LogP contribution in [0.1, 0.15) is 21.5 Å². The Hall–Kier alpha value is -3.66. The standard InChI is InChI=1S/C21H17BrN2O7/c1-30-18(25)10-24-19(26)16(23-21(24)29)9-12-5-6-17(15(22)8-12)31-11-13-3-2-4-14(7-13)20(27)28/h2-9H,10-11H2,1H3,(H,23,29)(H,27,28)/b16-9+. The van der Waals surface area contributed by atoms with Gasteiger partial charge in [-0.3, -0.25) is 9.59 Å². The highest BCUT2D eigenvalue weighted by atomic mass is 79.9. The predicted molar refractivity (Wildman–Crippen MR) is 112 cm³/mol. The normalized spacial score (nSPS) is 14.5. The molecule has 2 aromatic rings. The highest BCUT2D eigenvalue weighted by molar-refractivity contribution is 9.10. The molecule has 3 amide bonds. The van der Waals surface area contributed by atoms with E-state index < -0.39 is 30.4 Å². The second-order valence-electron chi connectivity index (χ2n) is 6.44. The van der Waals surface area contributed by atoms with E-state index in [1.807, 2.05) is 0 Å². The first-order valence-electron chi connectivity index (χ1n) is 8.94. The molecule has 3 rings (SSSR count). The molecule has 1 heterocycles. The van der Waals surface area contributed by atoms with Crippen LogP contribution in [-0.2, 0) is 20.9 Å². The van der Waals surface area contributed by atoms with E-state index >= 15 is 0 Å². The summed E-state index contributed by atoms with van der Waals surface area (Å²) in [5, 5.41) is 11.5. The van der Waals surface area contributed by atoms with Gasteiger partial charge in [-0.05, 0) is 57.4 Å². The highest BCUT2D eigenvalue weighted by Crippen LogP contribution is 2.28. The molecular formula is C21H17BrN2O7. The summed E-state index contributed by atoms with van der Waals surface area (Å²) < 4.78 is 10.8. The molecule has 2 aromatic carbocycles. The van der Waals surface area contributed by atoms with E-state index in [1.165, 1.54) is 25.3 Å². The van der Waals surface area contributed by atoms with Crippen LogP contribution in [0, 0.1) is 0 Å². The predicted octanol–water partition coefficient (Wildman–Crippen LogP) is 2.79. The molecule has 0 bridgehead atoms. The molecule has 0 aliphatic carbocycles. The van der Waals surface area contributed by atoms with E-state index in [9.17, 15) is 19.2 Å². The van der Waals surface area contributed by atoms with Gasteiger partial charge in [0, 0.05) is 0 Å². The molecule has 10 heteroatoms. The third-order valence-electron chi connectivity index (χ3n) is 4.31. The molecule has 0 radical (unpaired) electrons. The third kappa shape index (κ3) is 5.28. The SMILES string of the molecule is COC(=O)CN1C(=O)N/C(=C/c2ccc(OCc3cccc(C(=O)O)c3)c(Br)c2)C1=O. The molecule has 2 N–H and O–H groups in total. The maximum Gasteiger partial charge on any atom is 0.335 e. The van der Waals surface area contributed by atoms with Crippen molar-refractivity contribution in [1.29, 1.82) is 0 Å². The van der Waals surface area contributed by atoms with Crippen LogP contribution in [0.2, 0.25) is 0 Å². The van der Waals surface area contributed by atoms with Crippen LogP contribution in [0.15, 0.2) is 52.6 Å². The Morgan fingerprint density at radius 1 is 1.19 bits per heavy atom. The number of urea groups is 1. The fourth-order valence-corrected chi connectivity index (χ4v) is 3.27. The number of benzene rings is 2. The Kier molecular flexibility index (Phi) is 6.71. The Morgan fingerprint density at radius 2 is 1.97 bits per heavy atom. The van der Waals surface area contributed by atoms with Gasteiger partial charge in [0.1, 0.15) is 24.6 Å². The fraction of sp³-hybridized carbons (Fsp3) is 0.143. The number of methoxy groups -OCH3 is 1. The summed E-state index contributed by atoms with van der Waals surface area (Å²) in [7, 11) is 1.17. The Labute approximate surface area is 185 Å². The number of hydrogen-bond acceptors (Lipinski definition) is 6. The van der Waals surface area contributed by atoms with Crippen molar-refractivity contribution in [1.82, 2.24) is 10.2 Å². The van der Waals surface area contributed by atoms with Crippen molar-refractivity contribution in [2.75, 3.05) is 13.7 Å². The van der Waals surface area contributed by atoms with Crippen molar-refractivity contribution in [3.63, 3.8) is 0 Å². The maximum absolute atomic E-state index is 12.3. The van der Waals surface area contributed by atoms with Gasteiger partial charge in [-0.15, -0.1) is 0 Å². The number of carbonyl (C=O) groups excluding carboxylic acids is 3. The Morgan fingerprint density at radius 3 is 2.65 bits per heavy atom. The van der Waals surface area contributed by atoms with Gasteiger partial charge < -0.3 is 19.9 Å². The van der Waals surface area contributed by atoms with E-state index in [4.69, 9.17) is 9.84 Å². The van der Waals surface area contributed by atoms with Crippen molar-refractivity contribution in [2.24, 2.45) is 0 Å². The molecule has 0 aromatic heterocycles. The summed E-state index contributed by atoms with van der Waals surface area (Å²) in [5.41, 5.74) is 1.50. The second kappa shape index (κ2) is 9.43. The molecule has 31 heavy (non-hydrogen) atoms. The molecule has 160 valence electrons. The number of amides is 3. The summed E-state index contributed by atoms with van der Waals surface area (Å²) in [6.07, 6.45) is 1.47. The quantitative estimate of drug-likeness (QED) is 0.349. The molecule has 0 spiro atoms. The molecule has 9 nitrogen and oxygen atoms in total. The minimum absolute atomic E-state index is 0.0277. The van der Waals surface area contributed by atoms with E-state index in [0.29, 0.717) is 21.3 Å². The van der Waals surface area contributed by atoms with Gasteiger partial charge in [0.25, 0.3) is 5.91 Å². The molecule has 1 saturated heterocycles. The van der Waals surface area contributed by atoms with Crippen LogP contribution in [0.3, 0.4) is 0 Å². The van der Waals surface area contributed by atoms with E-state index in [0.717, 1.165) is 4.90 Å². The lowest BCUT2D eigenvalue weighted by Gasteiger charge is -2.10. The number of halogens is 1. The third-order valence-corrected chi connectivity index (χ3v) is 4.93. The number of rotatable bonds is 7. The van der Waals surface area contributed by atoms with Gasteiger partial charge in [0.05, 0.1) is 17.1 Å². The average Bonchev–Trinajstić information content (AvgIpc) is 3.00. The van der Waals surface area contributed by atoms with Crippen molar-refractivity contribution in [2.45, 2.75) is 6.61 Å². The number of hydrogen-bond donors (Lipinski definition) is 2. The average molecular weight is 489 g/mol. The number of carboxylic acid groups (broad SMARTS) is 1. The Balaban J connectivity index is 1.70. The fourth-order valence-electron chi connectivity index (χ4n) is 2.75. The first-order valence-corrected chi connectivity index (χ1v) is 9.73. The number of nitrogens with zero attached hydrogens (tertiary/aromatic N) is 1. The topological polar surface area (TPSA) is 122 Å². The van der Waals surface area contributed by atoms with Crippen LogP contribution < -0.4 is 10.1 Å². The number of carbonyl (C=O) groups is 4. The zero-order valence-corrected chi connectivity index (χ0v) is 17.8. The molecule has 1 fully saturated rings. The van der Waals surface area contributed by atoms with Gasteiger partial charge in [-0.2, -0.15) is 0 Å². The molecule has 1 aliphatic rings. The minimum Gasteiger partial charge on any atom is -0.488 e. The highest BCUT2D eigenvalue weighted by Gasteiger charge is 2.35. The molecule has 0 unspecified atom stereocenters. The Bertz CT molecular complexity index is 1100. The zero-order chi connectivity index (χ0) is 22.5. The van der Waals surface area contributed by atoms with Crippen LogP contribution in [-0.4, -0.2) is 47.5 Å². The van der Waals surface area contributed by atoms with Gasteiger partial charge in [0.2, 0.25) is 0 Å². The van der Waals surface area contributed by atoms with E-state index in [-0.39, 0.29) is 17.9 Å². The van der Waals surface area contributed by atoms with Gasteiger partial charge >= 0.3 is 18.0 Å². The molecule has 0 saturated carbocycles. The number of nitrogens with one attached hydrogen (secondary N) is 1. The summed E-state index contributed by atoms with van der Waals surface area (Å²) >= 11 is 3.40. The van der Waals surface area contributed by atoms with E-state index in [1.54, 1.807) is 30.3 Å². The van der Waals surface area contributed by atoms with Crippen LogP contribution >= 0.6 is 15.9 Å². The van der Waals surface area contributed by atoms with E-state index in [2.05, 4.69) is 26.0 Å². The van der Waals surface area contributed by atoms with Crippen molar-refractivity contribution in [3.8, 4) is 5.75 Å². The van der Waals surface area contributed by atoms with Gasteiger partial charge in [0.15, 0.2) is 0 Å². The smallest absolute Gasteiger partial charge is 0.335 e. The lowest BCUT2D eigenvalue weighted by molar-refractivity contribution is -0.143. The van der Waals surface area contributed by atoms with Crippen LogP contribution in [0.5, 0.6) is 5.75 Å². The van der Waals surface area contributed by atoms with Crippen LogP contribution in [0.4, 0.5) is 4.79 Å². The van der Waals surface area contributed by atoms with Gasteiger partial charge in [-0.25, -0.2) is 14.5 Å². The summed E-state index contributed by atoms with van der Waals surface area (Å²) in [5.74, 6) is -1.84. The lowest BCUT2D eigenvalue weighted by atomic mass is 10.1. The number of ether oxygens (including phenoxy) is 2. The first kappa shape index (κ1) is 22.0. The summed E-state index contributed by atoms with van der Waals surface area (Å²) in [6, 6.07) is 10.8. The molecular weight excluding hydrogens is 472 g/mol. The van der Waals surface area contributed by atoms with Gasteiger partial charge in [-0.1, -0.05) is 18.2 Å². The molecule has 0 atom stereocenters. The lowest BCUT2D eigenvalue weighted by Crippen LogP contribution is -2.36. The summed E-state index contributed by atoms with van der Waals surface area (Å²) in [4.78, 5) is 47.4. The van der Waals surface area contributed by atoms with Crippen molar-refractivity contribution in [3.05, 3.63) is 69.3 Å². The number of carboxylic acids is 1. The number of aromatic carboxylic acids is 1.